The number of carbonyl (C=O) groups excluding carboxylic acids is 1. The average Bonchev–Trinajstić information content (AvgIpc) is 2.92. The molecule has 0 saturated heterocycles. The van der Waals surface area contributed by atoms with E-state index in [1.54, 1.807) is 27.7 Å². The van der Waals surface area contributed by atoms with E-state index in [0.717, 1.165) is 20.5 Å². The van der Waals surface area contributed by atoms with Gasteiger partial charge in [-0.25, -0.2) is 15.0 Å². The van der Waals surface area contributed by atoms with Crippen LogP contribution in [0.2, 0.25) is 0 Å². The molecule has 0 spiro atoms. The van der Waals surface area contributed by atoms with E-state index in [0.29, 0.717) is 10.4 Å². The first-order valence-electron chi connectivity index (χ1n) is 10.4. The number of rotatable bonds is 6. The van der Waals surface area contributed by atoms with Crippen LogP contribution in [0.5, 0.6) is 0 Å². The summed E-state index contributed by atoms with van der Waals surface area (Å²) < 4.78 is 45.9. The van der Waals surface area contributed by atoms with Gasteiger partial charge in [0.2, 0.25) is 0 Å². The summed E-state index contributed by atoms with van der Waals surface area (Å²) in [7, 11) is 0. The number of alkyl halides is 3. The lowest BCUT2D eigenvalue weighted by atomic mass is 9.97. The van der Waals surface area contributed by atoms with Gasteiger partial charge < -0.3 is 4.74 Å². The maximum absolute atomic E-state index is 13.2. The second-order valence-electron chi connectivity index (χ2n) is 10.1. The van der Waals surface area contributed by atoms with Gasteiger partial charge in [0.25, 0.3) is 5.56 Å². The minimum absolute atomic E-state index is 0.0652. The second kappa shape index (κ2) is 9.49. The SMILES string of the molecule is Cc1c(CNNC(=O)OC(C)(C)C)sc2c1c(=O)n(CC(C)(C)C)c(=O)n2CCC(F)(F)F. The number of ether oxygens (including phenoxy) is 1. The number of hydrazine groups is 1. The largest absolute Gasteiger partial charge is 0.443 e. The number of nitrogens with one attached hydrogen (secondary N) is 2. The summed E-state index contributed by atoms with van der Waals surface area (Å²) in [6.07, 6.45) is -6.35. The third-order valence-electron chi connectivity index (χ3n) is 4.48. The lowest BCUT2D eigenvalue weighted by Gasteiger charge is -2.20. The van der Waals surface area contributed by atoms with Crippen molar-refractivity contribution in [3.8, 4) is 0 Å². The molecule has 2 rings (SSSR count). The lowest BCUT2D eigenvalue weighted by Crippen LogP contribution is -2.42. The molecule has 2 aromatic rings. The summed E-state index contributed by atoms with van der Waals surface area (Å²) in [6, 6.07) is 0. The standard InChI is InChI=1S/C21H31F3N4O4S/c1-12-13(10-25-26-17(30)32-20(5,6)7)33-16-14(12)15(29)28(11-19(2,3)4)18(31)27(16)9-8-21(22,23)24/h25H,8-11H2,1-7H3,(H,26,30). The van der Waals surface area contributed by atoms with Crippen molar-refractivity contribution in [2.75, 3.05) is 0 Å². The van der Waals surface area contributed by atoms with Crippen LogP contribution in [0.1, 0.15) is 58.4 Å². The number of amides is 1. The van der Waals surface area contributed by atoms with Crippen LogP contribution in [0.25, 0.3) is 10.2 Å². The van der Waals surface area contributed by atoms with Gasteiger partial charge in [-0.05, 0) is 38.7 Å². The van der Waals surface area contributed by atoms with Crippen LogP contribution in [0.3, 0.4) is 0 Å². The van der Waals surface area contributed by atoms with Gasteiger partial charge in [0, 0.05) is 24.5 Å². The van der Waals surface area contributed by atoms with E-state index in [4.69, 9.17) is 4.74 Å². The summed E-state index contributed by atoms with van der Waals surface area (Å²) in [6.45, 7) is 11.9. The Labute approximate surface area is 193 Å². The molecule has 12 heteroatoms. The molecule has 8 nitrogen and oxygen atoms in total. The highest BCUT2D eigenvalue weighted by molar-refractivity contribution is 7.18. The van der Waals surface area contributed by atoms with Crippen molar-refractivity contribution in [1.82, 2.24) is 20.0 Å². The predicted molar refractivity (Wildman–Crippen MR) is 121 cm³/mol. The molecule has 2 aromatic heterocycles. The lowest BCUT2D eigenvalue weighted by molar-refractivity contribution is -0.136. The summed E-state index contributed by atoms with van der Waals surface area (Å²) in [5, 5.41) is 0.208. The first-order valence-corrected chi connectivity index (χ1v) is 11.3. The number of fused-ring (bicyclic) bond motifs is 1. The second-order valence-corrected chi connectivity index (χ2v) is 11.1. The maximum atomic E-state index is 13.2. The fourth-order valence-corrected chi connectivity index (χ4v) is 4.41. The Morgan fingerprint density at radius 2 is 1.67 bits per heavy atom. The Hall–Kier alpha value is -2.34. The molecule has 0 fully saturated rings. The highest BCUT2D eigenvalue weighted by Gasteiger charge is 2.29. The molecule has 0 unspecified atom stereocenters. The molecule has 2 N–H and O–H groups in total. The topological polar surface area (TPSA) is 94.4 Å². The molecule has 0 aromatic carbocycles. The van der Waals surface area contributed by atoms with Crippen molar-refractivity contribution in [1.29, 1.82) is 0 Å². The molecular formula is C21H31F3N4O4S. The van der Waals surface area contributed by atoms with Crippen LogP contribution in [0, 0.1) is 12.3 Å². The Balaban J connectivity index is 2.49. The van der Waals surface area contributed by atoms with Gasteiger partial charge in [-0.3, -0.25) is 19.4 Å². The van der Waals surface area contributed by atoms with E-state index in [-0.39, 0.29) is 23.3 Å². The molecule has 186 valence electrons. The minimum atomic E-state index is -4.45. The number of nitrogens with zero attached hydrogens (tertiary/aromatic N) is 2. The first kappa shape index (κ1) is 26.9. The van der Waals surface area contributed by atoms with Crippen molar-refractivity contribution < 1.29 is 22.7 Å². The third-order valence-corrected chi connectivity index (χ3v) is 5.80. The molecule has 0 saturated carbocycles. The normalized spacial score (nSPS) is 12.9. The van der Waals surface area contributed by atoms with E-state index in [1.807, 2.05) is 20.8 Å². The Bertz CT molecular complexity index is 1130. The van der Waals surface area contributed by atoms with Crippen molar-refractivity contribution in [3.63, 3.8) is 0 Å². The summed E-state index contributed by atoms with van der Waals surface area (Å²) >= 11 is 1.05. The van der Waals surface area contributed by atoms with E-state index in [2.05, 4.69) is 10.9 Å². The fraction of sp³-hybridized carbons (Fsp3) is 0.667. The monoisotopic (exact) mass is 492 g/mol. The maximum Gasteiger partial charge on any atom is 0.422 e. The number of aromatic nitrogens is 2. The van der Waals surface area contributed by atoms with Crippen LogP contribution >= 0.6 is 11.3 Å². The first-order chi connectivity index (χ1) is 14.9. The third kappa shape index (κ3) is 7.32. The number of carbonyl (C=O) groups is 1. The zero-order valence-electron chi connectivity index (χ0n) is 19.9. The van der Waals surface area contributed by atoms with Gasteiger partial charge in [-0.15, -0.1) is 11.3 Å². The number of halogens is 3. The molecule has 2 heterocycles. The Morgan fingerprint density at radius 1 is 1.06 bits per heavy atom. The molecule has 1 amide bonds. The van der Waals surface area contributed by atoms with E-state index >= 15 is 0 Å². The van der Waals surface area contributed by atoms with Crippen molar-refractivity contribution in [2.24, 2.45) is 5.41 Å². The number of hydrogen-bond acceptors (Lipinski definition) is 6. The van der Waals surface area contributed by atoms with Crippen molar-refractivity contribution >= 4 is 27.6 Å². The van der Waals surface area contributed by atoms with E-state index in [1.165, 1.54) is 0 Å². The van der Waals surface area contributed by atoms with E-state index < -0.39 is 47.5 Å². The van der Waals surface area contributed by atoms with Crippen LogP contribution in [-0.2, 0) is 24.4 Å². The van der Waals surface area contributed by atoms with Gasteiger partial charge >= 0.3 is 18.0 Å². The van der Waals surface area contributed by atoms with Gasteiger partial charge in [0.1, 0.15) is 10.4 Å². The van der Waals surface area contributed by atoms with Crippen LogP contribution in [0.4, 0.5) is 18.0 Å². The average molecular weight is 493 g/mol. The van der Waals surface area contributed by atoms with Crippen LogP contribution in [0.15, 0.2) is 9.59 Å². The molecule has 0 atom stereocenters. The summed E-state index contributed by atoms with van der Waals surface area (Å²) in [5.74, 6) is 0. The van der Waals surface area contributed by atoms with Gasteiger partial charge in [-0.2, -0.15) is 13.2 Å². The molecule has 0 aliphatic carbocycles. The summed E-state index contributed by atoms with van der Waals surface area (Å²) in [5.41, 5.74) is 3.20. The minimum Gasteiger partial charge on any atom is -0.443 e. The Morgan fingerprint density at radius 3 is 2.18 bits per heavy atom. The molecular weight excluding hydrogens is 461 g/mol. The molecule has 0 aliphatic heterocycles. The zero-order valence-corrected chi connectivity index (χ0v) is 20.7. The highest BCUT2D eigenvalue weighted by Crippen LogP contribution is 2.29. The van der Waals surface area contributed by atoms with Gasteiger partial charge in [0.05, 0.1) is 11.8 Å². The van der Waals surface area contributed by atoms with E-state index in [9.17, 15) is 27.6 Å². The number of thiophene rings is 1. The van der Waals surface area contributed by atoms with Gasteiger partial charge in [0.15, 0.2) is 0 Å². The molecule has 0 aliphatic rings. The van der Waals surface area contributed by atoms with Crippen molar-refractivity contribution in [3.05, 3.63) is 31.3 Å². The quantitative estimate of drug-likeness (QED) is 0.593. The Kier molecular flexibility index (Phi) is 7.74. The summed E-state index contributed by atoms with van der Waals surface area (Å²) in [4.78, 5) is 38.8. The van der Waals surface area contributed by atoms with Crippen molar-refractivity contribution in [2.45, 2.75) is 86.3 Å². The fourth-order valence-electron chi connectivity index (χ4n) is 3.16. The van der Waals surface area contributed by atoms with Crippen LogP contribution in [-0.4, -0.2) is 27.0 Å². The zero-order chi connectivity index (χ0) is 25.4. The predicted octanol–water partition coefficient (Wildman–Crippen LogP) is 4.06. The van der Waals surface area contributed by atoms with Gasteiger partial charge in [-0.1, -0.05) is 20.8 Å². The number of hydrogen-bond donors (Lipinski definition) is 2. The number of aryl methyl sites for hydroxylation is 2. The molecule has 0 radical (unpaired) electrons. The van der Waals surface area contributed by atoms with Crippen LogP contribution < -0.4 is 22.1 Å². The molecule has 33 heavy (non-hydrogen) atoms. The molecule has 0 bridgehead atoms. The smallest absolute Gasteiger partial charge is 0.422 e. The highest BCUT2D eigenvalue weighted by atomic mass is 32.1.